The van der Waals surface area contributed by atoms with Gasteiger partial charge in [-0.2, -0.15) is 0 Å². The van der Waals surface area contributed by atoms with Crippen molar-refractivity contribution in [3.05, 3.63) is 41.5 Å². The van der Waals surface area contributed by atoms with E-state index in [1.807, 2.05) is 18.3 Å². The molecular formula is C16H18N4S. The van der Waals surface area contributed by atoms with E-state index in [1.54, 1.807) is 11.3 Å². The second kappa shape index (κ2) is 6.28. The summed E-state index contributed by atoms with van der Waals surface area (Å²) in [6, 6.07) is 10.4. The zero-order valence-electron chi connectivity index (χ0n) is 12.2. The predicted molar refractivity (Wildman–Crippen MR) is 87.4 cm³/mol. The molecule has 0 aliphatic heterocycles. The molecule has 1 N–H and O–H groups in total. The molecule has 5 heteroatoms. The van der Waals surface area contributed by atoms with E-state index in [2.05, 4.69) is 52.5 Å². The summed E-state index contributed by atoms with van der Waals surface area (Å²) in [6.45, 7) is 5.28. The number of rotatable bonds is 5. The average Bonchev–Trinajstić information content (AvgIpc) is 3.02. The summed E-state index contributed by atoms with van der Waals surface area (Å²) in [5.74, 6) is 0. The van der Waals surface area contributed by atoms with E-state index >= 15 is 0 Å². The lowest BCUT2D eigenvalue weighted by atomic mass is 10.1. The van der Waals surface area contributed by atoms with Gasteiger partial charge in [-0.25, -0.2) is 0 Å². The van der Waals surface area contributed by atoms with Crippen molar-refractivity contribution in [2.24, 2.45) is 0 Å². The number of nitrogens with one attached hydrogen (secondary N) is 1. The fourth-order valence-corrected chi connectivity index (χ4v) is 3.14. The zero-order valence-corrected chi connectivity index (χ0v) is 13.0. The van der Waals surface area contributed by atoms with Crippen molar-refractivity contribution in [2.45, 2.75) is 26.3 Å². The molecule has 0 spiro atoms. The molecule has 4 nitrogen and oxygen atoms in total. The quantitative estimate of drug-likeness (QED) is 0.778. The lowest BCUT2D eigenvalue weighted by Crippen LogP contribution is -2.18. The molecule has 21 heavy (non-hydrogen) atoms. The second-order valence-electron chi connectivity index (χ2n) is 5.00. The third-order valence-electron chi connectivity index (χ3n) is 3.37. The molecule has 3 rings (SSSR count). The maximum absolute atomic E-state index is 4.48. The number of nitrogens with zero attached hydrogens (tertiary/aromatic N) is 3. The van der Waals surface area contributed by atoms with Crippen molar-refractivity contribution < 1.29 is 0 Å². The molecule has 0 saturated carbocycles. The summed E-state index contributed by atoms with van der Waals surface area (Å²) in [7, 11) is 0. The van der Waals surface area contributed by atoms with Crippen molar-refractivity contribution in [1.29, 1.82) is 0 Å². The standard InChI is InChI=1S/C16H18N4S/c1-3-9-17-11(2)15-19-20-16(21-15)13-8-4-6-12-7-5-10-18-14(12)13/h4-8,10-11,17H,3,9H2,1-2H3. The molecule has 0 aliphatic rings. The summed E-state index contributed by atoms with van der Waals surface area (Å²) in [5, 5.41) is 15.2. The SMILES string of the molecule is CCCNC(C)c1nnc(-c2cccc3cccnc23)s1. The van der Waals surface area contributed by atoms with Gasteiger partial charge < -0.3 is 5.32 Å². The van der Waals surface area contributed by atoms with Crippen LogP contribution in [0.25, 0.3) is 21.5 Å². The highest BCUT2D eigenvalue weighted by Crippen LogP contribution is 2.31. The third-order valence-corrected chi connectivity index (χ3v) is 4.51. The van der Waals surface area contributed by atoms with Crippen molar-refractivity contribution in [3.8, 4) is 10.6 Å². The lowest BCUT2D eigenvalue weighted by Gasteiger charge is -2.08. The van der Waals surface area contributed by atoms with E-state index in [9.17, 15) is 0 Å². The number of fused-ring (bicyclic) bond motifs is 1. The predicted octanol–water partition coefficient (Wildman–Crippen LogP) is 3.81. The monoisotopic (exact) mass is 298 g/mol. The van der Waals surface area contributed by atoms with E-state index in [0.717, 1.165) is 39.4 Å². The Balaban J connectivity index is 1.95. The van der Waals surface area contributed by atoms with Crippen LogP contribution in [0.5, 0.6) is 0 Å². The van der Waals surface area contributed by atoms with Crippen molar-refractivity contribution in [1.82, 2.24) is 20.5 Å². The highest BCUT2D eigenvalue weighted by atomic mass is 32.1. The van der Waals surface area contributed by atoms with Crippen LogP contribution in [-0.2, 0) is 0 Å². The van der Waals surface area contributed by atoms with Crippen LogP contribution in [0.4, 0.5) is 0 Å². The minimum absolute atomic E-state index is 0.235. The number of pyridine rings is 1. The second-order valence-corrected chi connectivity index (χ2v) is 6.01. The van der Waals surface area contributed by atoms with Crippen LogP contribution in [0.3, 0.4) is 0 Å². The fraction of sp³-hybridized carbons (Fsp3) is 0.312. The highest BCUT2D eigenvalue weighted by molar-refractivity contribution is 7.14. The van der Waals surface area contributed by atoms with E-state index in [-0.39, 0.29) is 6.04 Å². The van der Waals surface area contributed by atoms with Gasteiger partial charge in [0, 0.05) is 17.1 Å². The van der Waals surface area contributed by atoms with Crippen LogP contribution in [0.15, 0.2) is 36.5 Å². The largest absolute Gasteiger partial charge is 0.308 e. The highest BCUT2D eigenvalue weighted by Gasteiger charge is 2.14. The summed E-state index contributed by atoms with van der Waals surface area (Å²) >= 11 is 1.63. The van der Waals surface area contributed by atoms with E-state index in [4.69, 9.17) is 0 Å². The molecule has 1 unspecified atom stereocenters. The van der Waals surface area contributed by atoms with Gasteiger partial charge in [0.05, 0.1) is 11.6 Å². The maximum atomic E-state index is 4.48. The Labute approximate surface area is 128 Å². The molecule has 1 atom stereocenters. The van der Waals surface area contributed by atoms with Gasteiger partial charge in [-0.1, -0.05) is 36.5 Å². The van der Waals surface area contributed by atoms with E-state index in [0.29, 0.717) is 0 Å². The van der Waals surface area contributed by atoms with Crippen LogP contribution >= 0.6 is 11.3 Å². The number of hydrogen-bond donors (Lipinski definition) is 1. The Kier molecular flexibility index (Phi) is 4.22. The Bertz CT molecular complexity index is 732. The van der Waals surface area contributed by atoms with E-state index < -0.39 is 0 Å². The van der Waals surface area contributed by atoms with Crippen LogP contribution in [0, 0.1) is 0 Å². The Morgan fingerprint density at radius 2 is 2.05 bits per heavy atom. The molecule has 0 bridgehead atoms. The molecule has 2 aromatic heterocycles. The molecule has 3 aromatic rings. The minimum Gasteiger partial charge on any atom is -0.308 e. The zero-order chi connectivity index (χ0) is 14.7. The molecule has 0 radical (unpaired) electrons. The van der Waals surface area contributed by atoms with Crippen LogP contribution < -0.4 is 5.32 Å². The van der Waals surface area contributed by atoms with Gasteiger partial charge >= 0.3 is 0 Å². The number of aromatic nitrogens is 3. The van der Waals surface area contributed by atoms with Crippen LogP contribution in [0.1, 0.15) is 31.3 Å². The third kappa shape index (κ3) is 2.94. The van der Waals surface area contributed by atoms with Crippen molar-refractivity contribution in [3.63, 3.8) is 0 Å². The normalized spacial score (nSPS) is 12.7. The summed E-state index contributed by atoms with van der Waals surface area (Å²) in [6.07, 6.45) is 2.93. The topological polar surface area (TPSA) is 50.7 Å². The number of benzene rings is 1. The van der Waals surface area contributed by atoms with Crippen molar-refractivity contribution in [2.75, 3.05) is 6.54 Å². The van der Waals surface area contributed by atoms with Crippen LogP contribution in [0.2, 0.25) is 0 Å². The van der Waals surface area contributed by atoms with E-state index in [1.165, 1.54) is 0 Å². The van der Waals surface area contributed by atoms with Gasteiger partial charge in [-0.3, -0.25) is 4.98 Å². The molecule has 0 aliphatic carbocycles. The molecule has 1 aromatic carbocycles. The van der Waals surface area contributed by atoms with Gasteiger partial charge in [0.2, 0.25) is 0 Å². The van der Waals surface area contributed by atoms with Gasteiger partial charge in [0.1, 0.15) is 10.0 Å². The molecule has 0 amide bonds. The maximum Gasteiger partial charge on any atom is 0.150 e. The lowest BCUT2D eigenvalue weighted by molar-refractivity contribution is 0.564. The summed E-state index contributed by atoms with van der Waals surface area (Å²) < 4.78 is 0. The van der Waals surface area contributed by atoms with Crippen LogP contribution in [-0.4, -0.2) is 21.7 Å². The number of para-hydroxylation sites is 1. The molecule has 0 saturated heterocycles. The van der Waals surface area contributed by atoms with Crippen molar-refractivity contribution >= 4 is 22.2 Å². The minimum atomic E-state index is 0.235. The summed E-state index contributed by atoms with van der Waals surface area (Å²) in [4.78, 5) is 4.48. The molecule has 0 fully saturated rings. The molecule has 2 heterocycles. The summed E-state index contributed by atoms with van der Waals surface area (Å²) in [5.41, 5.74) is 2.04. The molecular weight excluding hydrogens is 280 g/mol. The van der Waals surface area contributed by atoms with Gasteiger partial charge in [-0.05, 0) is 32.0 Å². The van der Waals surface area contributed by atoms with Gasteiger partial charge in [0.15, 0.2) is 0 Å². The fourth-order valence-electron chi connectivity index (χ4n) is 2.24. The first kappa shape index (κ1) is 14.1. The average molecular weight is 298 g/mol. The number of hydrogen-bond acceptors (Lipinski definition) is 5. The first-order chi connectivity index (χ1) is 10.3. The Hall–Kier alpha value is -1.85. The smallest absolute Gasteiger partial charge is 0.150 e. The molecule has 108 valence electrons. The van der Waals surface area contributed by atoms with Gasteiger partial charge in [-0.15, -0.1) is 10.2 Å². The first-order valence-corrected chi connectivity index (χ1v) is 8.02. The Morgan fingerprint density at radius 3 is 2.90 bits per heavy atom. The Morgan fingerprint density at radius 1 is 1.19 bits per heavy atom. The van der Waals surface area contributed by atoms with Gasteiger partial charge in [0.25, 0.3) is 0 Å². The first-order valence-electron chi connectivity index (χ1n) is 7.20.